The van der Waals surface area contributed by atoms with Gasteiger partial charge in [-0.25, -0.2) is 0 Å². The van der Waals surface area contributed by atoms with E-state index >= 15 is 0 Å². The zero-order chi connectivity index (χ0) is 11.1. The molecule has 1 fully saturated rings. The maximum absolute atomic E-state index is 9.14. The molecule has 1 aromatic heterocycles. The summed E-state index contributed by atoms with van der Waals surface area (Å²) in [5.41, 5.74) is 8.02. The summed E-state index contributed by atoms with van der Waals surface area (Å²) in [7, 11) is 0. The SMILES string of the molecule is N#Cc1c(N)sc2c1CCC1CCCCC21. The highest BCUT2D eigenvalue weighted by Gasteiger charge is 2.34. The van der Waals surface area contributed by atoms with E-state index in [1.54, 1.807) is 11.3 Å². The van der Waals surface area contributed by atoms with Crippen molar-refractivity contribution in [3.05, 3.63) is 16.0 Å². The van der Waals surface area contributed by atoms with E-state index in [9.17, 15) is 0 Å². The molecule has 2 aliphatic carbocycles. The number of nitrogens with two attached hydrogens (primary N) is 1. The highest BCUT2D eigenvalue weighted by Crippen LogP contribution is 2.50. The molecule has 0 aliphatic heterocycles. The Balaban J connectivity index is 2.06. The van der Waals surface area contributed by atoms with Crippen LogP contribution in [0.25, 0.3) is 0 Å². The van der Waals surface area contributed by atoms with Crippen molar-refractivity contribution in [3.63, 3.8) is 0 Å². The Morgan fingerprint density at radius 1 is 1.25 bits per heavy atom. The second-order valence-corrected chi connectivity index (χ2v) is 6.07. The topological polar surface area (TPSA) is 49.8 Å². The Kier molecular flexibility index (Phi) is 2.40. The third-order valence-electron chi connectivity index (χ3n) is 4.19. The van der Waals surface area contributed by atoms with Gasteiger partial charge in [0.15, 0.2) is 0 Å². The molecule has 0 spiro atoms. The van der Waals surface area contributed by atoms with Crippen molar-refractivity contribution in [3.8, 4) is 6.07 Å². The van der Waals surface area contributed by atoms with E-state index in [1.165, 1.54) is 42.5 Å². The van der Waals surface area contributed by atoms with Crippen LogP contribution in [0.1, 0.15) is 54.0 Å². The molecular formula is C13H16N2S. The van der Waals surface area contributed by atoms with E-state index in [2.05, 4.69) is 6.07 Å². The first-order valence-corrected chi connectivity index (χ1v) is 6.94. The third kappa shape index (κ3) is 1.36. The van der Waals surface area contributed by atoms with Gasteiger partial charge in [0.25, 0.3) is 0 Å². The maximum atomic E-state index is 9.14. The Hall–Kier alpha value is -1.01. The average molecular weight is 232 g/mol. The summed E-state index contributed by atoms with van der Waals surface area (Å²) in [6.07, 6.45) is 7.77. The summed E-state index contributed by atoms with van der Waals surface area (Å²) in [6.45, 7) is 0. The number of nitriles is 1. The van der Waals surface area contributed by atoms with Crippen LogP contribution in [0.3, 0.4) is 0 Å². The lowest BCUT2D eigenvalue weighted by Gasteiger charge is -2.35. The molecule has 0 bridgehead atoms. The second kappa shape index (κ2) is 3.78. The number of nitrogens with zero attached hydrogens (tertiary/aromatic N) is 1. The van der Waals surface area contributed by atoms with Crippen molar-refractivity contribution >= 4 is 16.3 Å². The zero-order valence-corrected chi connectivity index (χ0v) is 10.1. The van der Waals surface area contributed by atoms with Gasteiger partial charge in [-0.2, -0.15) is 5.26 Å². The average Bonchev–Trinajstić information content (AvgIpc) is 2.65. The number of hydrogen-bond donors (Lipinski definition) is 1. The van der Waals surface area contributed by atoms with Crippen LogP contribution in [0.4, 0.5) is 5.00 Å². The van der Waals surface area contributed by atoms with E-state index in [1.807, 2.05) is 0 Å². The summed E-state index contributed by atoms with van der Waals surface area (Å²) in [4.78, 5) is 1.45. The van der Waals surface area contributed by atoms with Gasteiger partial charge < -0.3 is 5.73 Å². The largest absolute Gasteiger partial charge is 0.389 e. The molecule has 0 radical (unpaired) electrons. The lowest BCUT2D eigenvalue weighted by Crippen LogP contribution is -2.22. The quantitative estimate of drug-likeness (QED) is 0.745. The van der Waals surface area contributed by atoms with Crippen molar-refractivity contribution in [2.45, 2.75) is 44.4 Å². The molecule has 2 aliphatic rings. The van der Waals surface area contributed by atoms with E-state index in [0.29, 0.717) is 5.92 Å². The molecule has 3 heteroatoms. The Morgan fingerprint density at radius 2 is 2.06 bits per heavy atom. The molecule has 1 aromatic rings. The predicted octanol–water partition coefficient (Wildman–Crippen LogP) is 3.42. The van der Waals surface area contributed by atoms with Gasteiger partial charge in [0.1, 0.15) is 11.1 Å². The van der Waals surface area contributed by atoms with Crippen molar-refractivity contribution in [2.24, 2.45) is 5.92 Å². The normalized spacial score (nSPS) is 27.9. The number of anilines is 1. The van der Waals surface area contributed by atoms with Crippen molar-refractivity contribution in [1.82, 2.24) is 0 Å². The Bertz CT molecular complexity index is 455. The fraction of sp³-hybridized carbons (Fsp3) is 0.615. The van der Waals surface area contributed by atoms with Crippen molar-refractivity contribution < 1.29 is 0 Å². The minimum absolute atomic E-state index is 0.715. The van der Waals surface area contributed by atoms with Gasteiger partial charge in [0.05, 0.1) is 5.56 Å². The maximum Gasteiger partial charge on any atom is 0.104 e. The van der Waals surface area contributed by atoms with E-state index in [4.69, 9.17) is 11.0 Å². The molecule has 2 unspecified atom stereocenters. The smallest absolute Gasteiger partial charge is 0.104 e. The summed E-state index contributed by atoms with van der Waals surface area (Å²) in [6, 6.07) is 2.28. The second-order valence-electron chi connectivity index (χ2n) is 4.99. The lowest BCUT2D eigenvalue weighted by molar-refractivity contribution is 0.280. The lowest BCUT2D eigenvalue weighted by atomic mass is 9.71. The highest BCUT2D eigenvalue weighted by atomic mass is 32.1. The van der Waals surface area contributed by atoms with Crippen LogP contribution < -0.4 is 5.73 Å². The van der Waals surface area contributed by atoms with E-state index in [0.717, 1.165) is 22.9 Å². The van der Waals surface area contributed by atoms with Gasteiger partial charge in [0.2, 0.25) is 0 Å². The van der Waals surface area contributed by atoms with Gasteiger partial charge in [0, 0.05) is 4.88 Å². The Morgan fingerprint density at radius 3 is 2.88 bits per heavy atom. The minimum atomic E-state index is 0.715. The molecule has 0 amide bonds. The highest BCUT2D eigenvalue weighted by molar-refractivity contribution is 7.16. The fourth-order valence-corrected chi connectivity index (χ4v) is 4.70. The first-order valence-electron chi connectivity index (χ1n) is 6.12. The minimum Gasteiger partial charge on any atom is -0.389 e. The van der Waals surface area contributed by atoms with Crippen molar-refractivity contribution in [1.29, 1.82) is 5.26 Å². The van der Waals surface area contributed by atoms with Crippen LogP contribution in [0.15, 0.2) is 0 Å². The fourth-order valence-electron chi connectivity index (χ4n) is 3.40. The number of hydrogen-bond acceptors (Lipinski definition) is 3. The standard InChI is InChI=1S/C13H16N2S/c14-7-11-10-6-5-8-3-1-2-4-9(8)12(10)16-13(11)15/h8-9H,1-6,15H2. The van der Waals surface area contributed by atoms with Gasteiger partial charge in [-0.3, -0.25) is 0 Å². The van der Waals surface area contributed by atoms with Gasteiger partial charge in [-0.1, -0.05) is 12.8 Å². The van der Waals surface area contributed by atoms with E-state index in [-0.39, 0.29) is 0 Å². The van der Waals surface area contributed by atoms with Gasteiger partial charge in [-0.15, -0.1) is 11.3 Å². The van der Waals surface area contributed by atoms with Crippen LogP contribution in [-0.2, 0) is 6.42 Å². The van der Waals surface area contributed by atoms with Crippen LogP contribution in [-0.4, -0.2) is 0 Å². The Labute approximate surface area is 100 Å². The van der Waals surface area contributed by atoms with Gasteiger partial charge >= 0.3 is 0 Å². The van der Waals surface area contributed by atoms with Crippen LogP contribution in [0, 0.1) is 17.2 Å². The monoisotopic (exact) mass is 232 g/mol. The summed E-state index contributed by atoms with van der Waals surface area (Å²) in [5, 5.41) is 9.88. The number of rotatable bonds is 0. The molecule has 3 rings (SSSR count). The summed E-state index contributed by atoms with van der Waals surface area (Å²) < 4.78 is 0. The summed E-state index contributed by atoms with van der Waals surface area (Å²) >= 11 is 1.68. The van der Waals surface area contributed by atoms with Crippen LogP contribution in [0.2, 0.25) is 0 Å². The van der Waals surface area contributed by atoms with Gasteiger partial charge in [-0.05, 0) is 43.1 Å². The first-order chi connectivity index (χ1) is 7.81. The molecule has 2 N–H and O–H groups in total. The molecule has 1 saturated carbocycles. The number of thiophene rings is 1. The molecule has 1 heterocycles. The molecular weight excluding hydrogens is 216 g/mol. The predicted molar refractivity (Wildman–Crippen MR) is 66.5 cm³/mol. The number of fused-ring (bicyclic) bond motifs is 3. The van der Waals surface area contributed by atoms with Crippen LogP contribution in [0.5, 0.6) is 0 Å². The molecule has 2 nitrogen and oxygen atoms in total. The molecule has 16 heavy (non-hydrogen) atoms. The van der Waals surface area contributed by atoms with Crippen molar-refractivity contribution in [2.75, 3.05) is 5.73 Å². The summed E-state index contributed by atoms with van der Waals surface area (Å²) in [5.74, 6) is 1.58. The zero-order valence-electron chi connectivity index (χ0n) is 9.33. The first kappa shape index (κ1) is 10.2. The molecule has 2 atom stereocenters. The third-order valence-corrected chi connectivity index (χ3v) is 5.38. The molecule has 0 saturated heterocycles. The number of nitrogen functional groups attached to an aromatic ring is 1. The molecule has 84 valence electrons. The van der Waals surface area contributed by atoms with E-state index < -0.39 is 0 Å². The molecule has 0 aromatic carbocycles. The van der Waals surface area contributed by atoms with Crippen LogP contribution >= 0.6 is 11.3 Å².